The number of hydrogen-bond donors (Lipinski definition) is 1. The van der Waals surface area contributed by atoms with E-state index in [0.717, 1.165) is 10.6 Å². The number of carboxylic acid groups (broad SMARTS) is 1. The lowest BCUT2D eigenvalue weighted by Gasteiger charge is -2.37. The summed E-state index contributed by atoms with van der Waals surface area (Å²) in [7, 11) is 0. The molecule has 0 radical (unpaired) electrons. The van der Waals surface area contributed by atoms with Crippen LogP contribution in [0.2, 0.25) is 0 Å². The number of benzene rings is 1. The Kier molecular flexibility index (Phi) is 5.36. The van der Waals surface area contributed by atoms with Crippen molar-refractivity contribution in [2.75, 3.05) is 13.1 Å². The molecule has 7 heteroatoms. The van der Waals surface area contributed by atoms with Gasteiger partial charge < -0.3 is 10.0 Å². The first kappa shape index (κ1) is 18.5. The highest BCUT2D eigenvalue weighted by Gasteiger charge is 2.39. The van der Waals surface area contributed by atoms with Crippen molar-refractivity contribution in [1.82, 2.24) is 9.88 Å². The number of carbonyl (C=O) groups excluding carboxylic acids is 1. The summed E-state index contributed by atoms with van der Waals surface area (Å²) in [4.78, 5) is 30.1. The van der Waals surface area contributed by atoms with Crippen molar-refractivity contribution in [2.45, 2.75) is 32.6 Å². The van der Waals surface area contributed by atoms with Crippen LogP contribution in [0.25, 0.3) is 0 Å². The molecule has 0 saturated carbocycles. The lowest BCUT2D eigenvalue weighted by Crippen LogP contribution is -2.48. The third-order valence-corrected chi connectivity index (χ3v) is 5.66. The molecule has 1 aliphatic heterocycles. The molecule has 5 nitrogen and oxygen atoms in total. The van der Waals surface area contributed by atoms with E-state index in [-0.39, 0.29) is 24.7 Å². The van der Waals surface area contributed by atoms with E-state index < -0.39 is 11.4 Å². The largest absolute Gasteiger partial charge is 0.481 e. The van der Waals surface area contributed by atoms with E-state index in [2.05, 4.69) is 4.98 Å². The van der Waals surface area contributed by atoms with Crippen LogP contribution < -0.4 is 0 Å². The number of carbonyl (C=O) groups is 2. The zero-order valence-electron chi connectivity index (χ0n) is 14.6. The smallest absolute Gasteiger partial charge is 0.311 e. The van der Waals surface area contributed by atoms with E-state index in [1.165, 1.54) is 23.5 Å². The number of nitrogens with zero attached hydrogens (tertiary/aromatic N) is 2. The number of aliphatic carboxylic acids is 1. The minimum absolute atomic E-state index is 0.0872. The molecular weight excluding hydrogens is 355 g/mol. The van der Waals surface area contributed by atoms with Gasteiger partial charge in [0, 0.05) is 24.9 Å². The number of amides is 1. The molecule has 1 amide bonds. The monoisotopic (exact) mass is 376 g/mol. The Bertz CT molecular complexity index is 805. The van der Waals surface area contributed by atoms with Crippen molar-refractivity contribution >= 4 is 23.2 Å². The number of thiazole rings is 1. The zero-order valence-corrected chi connectivity index (χ0v) is 15.4. The van der Waals surface area contributed by atoms with Crippen molar-refractivity contribution < 1.29 is 19.1 Å². The zero-order chi connectivity index (χ0) is 18.7. The number of aromatic nitrogens is 1. The predicted molar refractivity (Wildman–Crippen MR) is 96.6 cm³/mol. The van der Waals surface area contributed by atoms with Gasteiger partial charge in [0.1, 0.15) is 5.82 Å². The summed E-state index contributed by atoms with van der Waals surface area (Å²) in [6.45, 7) is 2.53. The fourth-order valence-electron chi connectivity index (χ4n) is 3.18. The molecule has 1 unspecified atom stereocenters. The van der Waals surface area contributed by atoms with Crippen LogP contribution in [0.5, 0.6) is 0 Å². The Labute approximate surface area is 155 Å². The van der Waals surface area contributed by atoms with Crippen LogP contribution in [0, 0.1) is 11.2 Å². The molecule has 1 aromatic carbocycles. The van der Waals surface area contributed by atoms with Gasteiger partial charge in [0.2, 0.25) is 5.91 Å². The maximum atomic E-state index is 13.0. The van der Waals surface area contributed by atoms with Gasteiger partial charge in [0.25, 0.3) is 0 Å². The minimum Gasteiger partial charge on any atom is -0.481 e. The van der Waals surface area contributed by atoms with E-state index in [1.54, 1.807) is 24.0 Å². The Morgan fingerprint density at radius 2 is 2.08 bits per heavy atom. The minimum atomic E-state index is -0.871. The second kappa shape index (κ2) is 7.53. The first-order valence-electron chi connectivity index (χ1n) is 8.55. The molecule has 1 saturated heterocycles. The molecular formula is C19H21FN2O3S. The number of likely N-dealkylation sites (tertiary alicyclic amines) is 1. The summed E-state index contributed by atoms with van der Waals surface area (Å²) in [5.41, 5.74) is 0.788. The molecule has 0 spiro atoms. The highest BCUT2D eigenvalue weighted by Crippen LogP contribution is 2.30. The number of piperidine rings is 1. The molecule has 1 atom stereocenters. The van der Waals surface area contributed by atoms with E-state index in [9.17, 15) is 19.1 Å². The van der Waals surface area contributed by atoms with Gasteiger partial charge in [0.05, 0.1) is 22.5 Å². The third kappa shape index (κ3) is 4.27. The number of hydrogen-bond acceptors (Lipinski definition) is 4. The van der Waals surface area contributed by atoms with Crippen molar-refractivity contribution in [1.29, 1.82) is 0 Å². The standard InChI is InChI=1S/C19H21FN2O3S/c1-19(18(24)25)7-2-8-22(12-19)17(23)10-15-11-26-16(21-15)9-13-3-5-14(20)6-4-13/h3-6,11H,2,7-10,12H2,1H3,(H,24,25). The van der Waals surface area contributed by atoms with Crippen molar-refractivity contribution in [2.24, 2.45) is 5.41 Å². The van der Waals surface area contributed by atoms with Crippen LogP contribution >= 0.6 is 11.3 Å². The molecule has 0 aliphatic carbocycles. The van der Waals surface area contributed by atoms with E-state index in [1.807, 2.05) is 5.38 Å². The third-order valence-electron chi connectivity index (χ3n) is 4.77. The summed E-state index contributed by atoms with van der Waals surface area (Å²) in [6, 6.07) is 6.29. The molecule has 1 aromatic heterocycles. The Balaban J connectivity index is 1.60. The van der Waals surface area contributed by atoms with Gasteiger partial charge in [-0.1, -0.05) is 12.1 Å². The van der Waals surface area contributed by atoms with Gasteiger partial charge in [-0.15, -0.1) is 11.3 Å². The number of halogens is 1. The molecule has 138 valence electrons. The van der Waals surface area contributed by atoms with Crippen molar-refractivity contribution in [3.8, 4) is 0 Å². The summed E-state index contributed by atoms with van der Waals surface area (Å²) in [5, 5.41) is 12.1. The fourth-order valence-corrected chi connectivity index (χ4v) is 4.01. The Morgan fingerprint density at radius 1 is 1.35 bits per heavy atom. The average Bonchev–Trinajstić information content (AvgIpc) is 3.04. The van der Waals surface area contributed by atoms with Gasteiger partial charge in [-0.25, -0.2) is 9.37 Å². The number of carboxylic acids is 1. The molecule has 1 N–H and O–H groups in total. The van der Waals surface area contributed by atoms with Gasteiger partial charge in [-0.05, 0) is 37.5 Å². The molecule has 2 heterocycles. The first-order chi connectivity index (χ1) is 12.4. The van der Waals surface area contributed by atoms with Gasteiger partial charge in [0.15, 0.2) is 0 Å². The molecule has 26 heavy (non-hydrogen) atoms. The normalized spacial score (nSPS) is 20.2. The van der Waals surface area contributed by atoms with E-state index in [0.29, 0.717) is 31.5 Å². The van der Waals surface area contributed by atoms with Crippen molar-refractivity contribution in [3.05, 3.63) is 51.7 Å². The molecule has 3 rings (SSSR count). The summed E-state index contributed by atoms with van der Waals surface area (Å²) in [6.07, 6.45) is 2.06. The number of rotatable bonds is 5. The van der Waals surface area contributed by atoms with Gasteiger partial charge in [-0.2, -0.15) is 0 Å². The maximum absolute atomic E-state index is 13.0. The highest BCUT2D eigenvalue weighted by atomic mass is 32.1. The second-order valence-electron chi connectivity index (χ2n) is 7.00. The van der Waals surface area contributed by atoms with Crippen LogP contribution in [0.3, 0.4) is 0 Å². The second-order valence-corrected chi connectivity index (χ2v) is 7.94. The van der Waals surface area contributed by atoms with Crippen LogP contribution in [-0.4, -0.2) is 40.0 Å². The predicted octanol–water partition coefficient (Wildman–Crippen LogP) is 3.13. The van der Waals surface area contributed by atoms with E-state index in [4.69, 9.17) is 0 Å². The van der Waals surface area contributed by atoms with Crippen LogP contribution in [0.15, 0.2) is 29.6 Å². The molecule has 2 aromatic rings. The Morgan fingerprint density at radius 3 is 2.77 bits per heavy atom. The lowest BCUT2D eigenvalue weighted by molar-refractivity contribution is -0.153. The summed E-state index contributed by atoms with van der Waals surface area (Å²) in [5.74, 6) is -1.21. The van der Waals surface area contributed by atoms with Gasteiger partial charge >= 0.3 is 5.97 Å². The Hall–Kier alpha value is -2.28. The first-order valence-corrected chi connectivity index (χ1v) is 9.42. The summed E-state index contributed by atoms with van der Waals surface area (Å²) >= 11 is 1.47. The summed E-state index contributed by atoms with van der Waals surface area (Å²) < 4.78 is 13.0. The lowest BCUT2D eigenvalue weighted by atomic mass is 9.82. The topological polar surface area (TPSA) is 70.5 Å². The maximum Gasteiger partial charge on any atom is 0.311 e. The average molecular weight is 376 g/mol. The fraction of sp³-hybridized carbons (Fsp3) is 0.421. The van der Waals surface area contributed by atoms with Crippen LogP contribution in [0.4, 0.5) is 4.39 Å². The highest BCUT2D eigenvalue weighted by molar-refractivity contribution is 7.09. The SMILES string of the molecule is CC1(C(=O)O)CCCN(C(=O)Cc2csc(Cc3ccc(F)cc3)n2)C1. The van der Waals surface area contributed by atoms with Gasteiger partial charge in [-0.3, -0.25) is 9.59 Å². The quantitative estimate of drug-likeness (QED) is 0.870. The van der Waals surface area contributed by atoms with E-state index >= 15 is 0 Å². The van der Waals surface area contributed by atoms with Crippen LogP contribution in [0.1, 0.15) is 36.0 Å². The molecule has 0 bridgehead atoms. The van der Waals surface area contributed by atoms with Crippen molar-refractivity contribution in [3.63, 3.8) is 0 Å². The van der Waals surface area contributed by atoms with Crippen LogP contribution in [-0.2, 0) is 22.4 Å². The molecule has 1 aliphatic rings. The molecule has 1 fully saturated rings.